The van der Waals surface area contributed by atoms with Crippen molar-refractivity contribution in [3.63, 3.8) is 0 Å². The quantitative estimate of drug-likeness (QED) is 0.604. The molecule has 2 atom stereocenters. The van der Waals surface area contributed by atoms with Gasteiger partial charge in [0.2, 0.25) is 5.76 Å². The van der Waals surface area contributed by atoms with E-state index in [1.807, 2.05) is 0 Å². The number of halogens is 1. The molecule has 0 spiro atoms. The zero-order valence-corrected chi connectivity index (χ0v) is 17.7. The SMILES string of the molecule is COc1ccc([C@@H]2c3c(oc4ccc(F)cc4c3=O)C(=O)N2C[C@H]2CCCO2)cc1OC. The Morgan fingerprint density at radius 1 is 1.09 bits per heavy atom. The van der Waals surface area contributed by atoms with Crippen molar-refractivity contribution in [2.24, 2.45) is 0 Å². The minimum Gasteiger partial charge on any atom is -0.493 e. The second-order valence-electron chi connectivity index (χ2n) is 7.92. The van der Waals surface area contributed by atoms with E-state index in [4.69, 9.17) is 18.6 Å². The highest BCUT2D eigenvalue weighted by molar-refractivity contribution is 5.99. The zero-order chi connectivity index (χ0) is 22.4. The van der Waals surface area contributed by atoms with Crippen molar-refractivity contribution in [2.45, 2.75) is 25.0 Å². The van der Waals surface area contributed by atoms with E-state index < -0.39 is 23.2 Å². The normalized spacial score (nSPS) is 20.1. The number of benzene rings is 2. The van der Waals surface area contributed by atoms with E-state index in [0.29, 0.717) is 30.2 Å². The number of methoxy groups -OCH3 is 2. The Kier molecular flexibility index (Phi) is 5.09. The van der Waals surface area contributed by atoms with Crippen LogP contribution in [0, 0.1) is 5.82 Å². The van der Waals surface area contributed by atoms with Crippen LogP contribution in [-0.4, -0.2) is 44.3 Å². The van der Waals surface area contributed by atoms with Crippen LogP contribution in [-0.2, 0) is 4.74 Å². The van der Waals surface area contributed by atoms with E-state index in [-0.39, 0.29) is 28.4 Å². The molecule has 5 rings (SSSR count). The number of rotatable bonds is 5. The van der Waals surface area contributed by atoms with Crippen molar-refractivity contribution in [2.75, 3.05) is 27.4 Å². The number of fused-ring (bicyclic) bond motifs is 2. The third-order valence-corrected chi connectivity index (χ3v) is 6.08. The molecule has 7 nitrogen and oxygen atoms in total. The molecule has 8 heteroatoms. The molecule has 0 bridgehead atoms. The lowest BCUT2D eigenvalue weighted by Crippen LogP contribution is -2.36. The highest BCUT2D eigenvalue weighted by Crippen LogP contribution is 2.41. The van der Waals surface area contributed by atoms with Crippen LogP contribution in [0.2, 0.25) is 0 Å². The molecule has 166 valence electrons. The van der Waals surface area contributed by atoms with Crippen molar-refractivity contribution in [1.82, 2.24) is 4.90 Å². The first-order valence-electron chi connectivity index (χ1n) is 10.4. The maximum Gasteiger partial charge on any atom is 0.291 e. The molecule has 1 aromatic heterocycles. The lowest BCUT2D eigenvalue weighted by molar-refractivity contribution is 0.0486. The summed E-state index contributed by atoms with van der Waals surface area (Å²) in [6, 6.07) is 8.24. The van der Waals surface area contributed by atoms with Gasteiger partial charge < -0.3 is 23.5 Å². The molecule has 1 fully saturated rings. The average Bonchev–Trinajstić information content (AvgIpc) is 3.41. The second kappa shape index (κ2) is 7.94. The summed E-state index contributed by atoms with van der Waals surface area (Å²) in [4.78, 5) is 28.5. The van der Waals surface area contributed by atoms with Gasteiger partial charge in [0, 0.05) is 13.2 Å². The van der Waals surface area contributed by atoms with Crippen LogP contribution in [0.1, 0.15) is 40.6 Å². The topological polar surface area (TPSA) is 78.2 Å². The van der Waals surface area contributed by atoms with Gasteiger partial charge in [-0.3, -0.25) is 9.59 Å². The van der Waals surface area contributed by atoms with Crippen molar-refractivity contribution in [1.29, 1.82) is 0 Å². The molecule has 32 heavy (non-hydrogen) atoms. The monoisotopic (exact) mass is 439 g/mol. The average molecular weight is 439 g/mol. The Balaban J connectivity index is 1.71. The first-order chi connectivity index (χ1) is 15.5. The highest BCUT2D eigenvalue weighted by atomic mass is 19.1. The van der Waals surface area contributed by atoms with Crippen molar-refractivity contribution in [3.05, 3.63) is 69.3 Å². The van der Waals surface area contributed by atoms with Gasteiger partial charge in [-0.25, -0.2) is 4.39 Å². The van der Waals surface area contributed by atoms with Crippen LogP contribution in [0.15, 0.2) is 45.6 Å². The highest BCUT2D eigenvalue weighted by Gasteiger charge is 2.44. The third-order valence-electron chi connectivity index (χ3n) is 6.08. The predicted molar refractivity (Wildman–Crippen MR) is 114 cm³/mol. The molecule has 0 N–H and O–H groups in total. The van der Waals surface area contributed by atoms with Gasteiger partial charge in [0.1, 0.15) is 11.4 Å². The Bertz CT molecular complexity index is 1260. The van der Waals surface area contributed by atoms with Gasteiger partial charge in [0.05, 0.1) is 37.3 Å². The summed E-state index contributed by atoms with van der Waals surface area (Å²) in [5.74, 6) is 0.0386. The minimum atomic E-state index is -0.717. The van der Waals surface area contributed by atoms with Gasteiger partial charge in [-0.2, -0.15) is 0 Å². The number of nitrogens with zero attached hydrogens (tertiary/aromatic N) is 1. The maximum atomic E-state index is 13.9. The van der Waals surface area contributed by atoms with Gasteiger partial charge in [-0.1, -0.05) is 6.07 Å². The molecule has 1 amide bonds. The Morgan fingerprint density at radius 3 is 2.62 bits per heavy atom. The number of hydrogen-bond acceptors (Lipinski definition) is 6. The van der Waals surface area contributed by atoms with E-state index in [1.165, 1.54) is 26.4 Å². The van der Waals surface area contributed by atoms with Gasteiger partial charge in [0.25, 0.3) is 5.91 Å². The lowest BCUT2D eigenvalue weighted by atomic mass is 9.97. The number of amides is 1. The minimum absolute atomic E-state index is 0.0214. The summed E-state index contributed by atoms with van der Waals surface area (Å²) in [5, 5.41) is 0.0981. The number of carbonyl (C=O) groups excluding carboxylic acids is 1. The standard InChI is InChI=1S/C24H22FNO6/c1-29-18-7-5-13(10-19(18)30-2)21-20-22(27)16-11-14(25)6-8-17(16)32-23(20)24(28)26(21)12-15-4-3-9-31-15/h5-8,10-11,15,21H,3-4,9,12H2,1-2H3/t15-,21-/m1/s1. The first-order valence-corrected chi connectivity index (χ1v) is 10.4. The van der Waals surface area contributed by atoms with Crippen LogP contribution in [0.5, 0.6) is 11.5 Å². The van der Waals surface area contributed by atoms with Gasteiger partial charge in [-0.15, -0.1) is 0 Å². The van der Waals surface area contributed by atoms with Crippen LogP contribution >= 0.6 is 0 Å². The Morgan fingerprint density at radius 2 is 1.91 bits per heavy atom. The van der Waals surface area contributed by atoms with Crippen LogP contribution in [0.3, 0.4) is 0 Å². The molecule has 0 aliphatic carbocycles. The summed E-state index contributed by atoms with van der Waals surface area (Å²) in [5.41, 5.74) is 0.603. The molecule has 2 aromatic carbocycles. The molecule has 1 saturated heterocycles. The van der Waals surface area contributed by atoms with E-state index in [2.05, 4.69) is 0 Å². The van der Waals surface area contributed by atoms with E-state index in [0.717, 1.165) is 18.9 Å². The molecule has 2 aliphatic rings. The van der Waals surface area contributed by atoms with E-state index >= 15 is 0 Å². The van der Waals surface area contributed by atoms with Crippen LogP contribution < -0.4 is 14.9 Å². The van der Waals surface area contributed by atoms with Gasteiger partial charge in [-0.05, 0) is 48.7 Å². The van der Waals surface area contributed by atoms with Crippen molar-refractivity contribution in [3.8, 4) is 11.5 Å². The van der Waals surface area contributed by atoms with Crippen LogP contribution in [0.25, 0.3) is 11.0 Å². The van der Waals surface area contributed by atoms with Gasteiger partial charge in [0.15, 0.2) is 16.9 Å². The fraction of sp³-hybridized carbons (Fsp3) is 0.333. The Hall–Kier alpha value is -3.39. The smallest absolute Gasteiger partial charge is 0.291 e. The van der Waals surface area contributed by atoms with Crippen molar-refractivity contribution < 1.29 is 27.8 Å². The van der Waals surface area contributed by atoms with Crippen molar-refractivity contribution >= 4 is 16.9 Å². The number of carbonyl (C=O) groups is 1. The number of hydrogen-bond donors (Lipinski definition) is 0. The summed E-state index contributed by atoms with van der Waals surface area (Å²) in [6.45, 7) is 0.952. The zero-order valence-electron chi connectivity index (χ0n) is 17.7. The number of ether oxygens (including phenoxy) is 3. The van der Waals surface area contributed by atoms with Gasteiger partial charge >= 0.3 is 0 Å². The molecular formula is C24H22FNO6. The summed E-state index contributed by atoms with van der Waals surface area (Å²) >= 11 is 0. The summed E-state index contributed by atoms with van der Waals surface area (Å²) in [7, 11) is 3.05. The molecular weight excluding hydrogens is 417 g/mol. The van der Waals surface area contributed by atoms with Crippen LogP contribution in [0.4, 0.5) is 4.39 Å². The molecule has 0 saturated carbocycles. The summed E-state index contributed by atoms with van der Waals surface area (Å²) in [6.07, 6.45) is 1.62. The molecule has 2 aliphatic heterocycles. The third kappa shape index (κ3) is 3.22. The Labute approximate surface area is 183 Å². The first kappa shape index (κ1) is 20.5. The predicted octanol–water partition coefficient (Wildman–Crippen LogP) is 3.67. The largest absolute Gasteiger partial charge is 0.493 e. The summed E-state index contributed by atoms with van der Waals surface area (Å²) < 4.78 is 36.2. The molecule has 3 aromatic rings. The molecule has 0 radical (unpaired) electrons. The fourth-order valence-corrected chi connectivity index (χ4v) is 4.56. The van der Waals surface area contributed by atoms with E-state index in [9.17, 15) is 14.0 Å². The van der Waals surface area contributed by atoms with E-state index in [1.54, 1.807) is 23.1 Å². The fourth-order valence-electron chi connectivity index (χ4n) is 4.56. The second-order valence-corrected chi connectivity index (χ2v) is 7.92. The molecule has 3 heterocycles. The maximum absolute atomic E-state index is 13.9. The molecule has 0 unspecified atom stereocenters. The lowest BCUT2D eigenvalue weighted by Gasteiger charge is -2.27.